The van der Waals surface area contributed by atoms with Crippen molar-refractivity contribution in [1.29, 1.82) is 0 Å². The molecule has 39 heavy (non-hydrogen) atoms. The molecule has 0 saturated heterocycles. The van der Waals surface area contributed by atoms with Crippen LogP contribution in [0.1, 0.15) is 74.9 Å². The predicted octanol–water partition coefficient (Wildman–Crippen LogP) is 1.48. The number of rotatable bonds is 4. The zero-order valence-electron chi connectivity index (χ0n) is 22.7. The molecule has 14 nitrogen and oxygen atoms in total. The third-order valence-corrected chi connectivity index (χ3v) is 5.46. The van der Waals surface area contributed by atoms with Gasteiger partial charge >= 0.3 is 18.0 Å². The molecule has 0 bridgehead atoms. The summed E-state index contributed by atoms with van der Waals surface area (Å²) >= 11 is 0. The number of fused-ring (bicyclic) bond motifs is 2. The number of nitrogens with one attached hydrogen (secondary N) is 1. The van der Waals surface area contributed by atoms with Gasteiger partial charge in [-0.3, -0.25) is 0 Å². The maximum atomic E-state index is 12.1. The molecule has 15 heteroatoms. The Bertz CT molecular complexity index is 1100. The van der Waals surface area contributed by atoms with Gasteiger partial charge < -0.3 is 33.6 Å². The van der Waals surface area contributed by atoms with Crippen LogP contribution < -0.4 is 5.32 Å². The monoisotopic (exact) mass is 625 g/mol. The van der Waals surface area contributed by atoms with E-state index in [4.69, 9.17) is 14.2 Å². The SMILES string of the molecule is C.CCOC(=O)c1nnc2n1CCN(C(=O)OC(C)(C)C)CC2.CCOC(=O)c1nnc2n1CCNCC2.[Y]. The van der Waals surface area contributed by atoms with Crippen LogP contribution in [0.3, 0.4) is 0 Å². The van der Waals surface area contributed by atoms with Gasteiger partial charge in [0.25, 0.3) is 0 Å². The van der Waals surface area contributed by atoms with Crippen LogP contribution in [0.15, 0.2) is 0 Å². The quantitative estimate of drug-likeness (QED) is 0.388. The minimum Gasteiger partial charge on any atom is -0.460 e. The van der Waals surface area contributed by atoms with E-state index < -0.39 is 17.5 Å². The Hall–Kier alpha value is -2.45. The van der Waals surface area contributed by atoms with Gasteiger partial charge in [-0.15, -0.1) is 20.4 Å². The van der Waals surface area contributed by atoms with E-state index in [9.17, 15) is 14.4 Å². The fraction of sp³-hybridized carbons (Fsp3) is 0.708. The van der Waals surface area contributed by atoms with Gasteiger partial charge in [-0.25, -0.2) is 14.4 Å². The fourth-order valence-electron chi connectivity index (χ4n) is 3.80. The van der Waals surface area contributed by atoms with E-state index >= 15 is 0 Å². The molecule has 0 unspecified atom stereocenters. The second-order valence-corrected chi connectivity index (χ2v) is 9.34. The van der Waals surface area contributed by atoms with Crippen LogP contribution >= 0.6 is 0 Å². The van der Waals surface area contributed by atoms with Crippen LogP contribution in [0, 0.1) is 0 Å². The predicted molar refractivity (Wildman–Crippen MR) is 137 cm³/mol. The molecule has 0 fully saturated rings. The number of carbonyl (C=O) groups is 3. The molecule has 2 aromatic rings. The molecule has 0 aliphatic carbocycles. The Kier molecular flexibility index (Phi) is 14.2. The Morgan fingerprint density at radius 2 is 1.33 bits per heavy atom. The van der Waals surface area contributed by atoms with Crippen molar-refractivity contribution < 1.29 is 61.3 Å². The van der Waals surface area contributed by atoms with Crippen LogP contribution in [-0.4, -0.2) is 97.5 Å². The molecule has 0 aromatic carbocycles. The molecular weight excluding hydrogens is 585 g/mol. The van der Waals surface area contributed by atoms with E-state index in [1.165, 1.54) is 0 Å². The van der Waals surface area contributed by atoms with Crippen LogP contribution in [0.4, 0.5) is 4.79 Å². The third-order valence-electron chi connectivity index (χ3n) is 5.46. The number of hydrogen-bond donors (Lipinski definition) is 1. The number of esters is 2. The van der Waals surface area contributed by atoms with Crippen molar-refractivity contribution >= 4 is 18.0 Å². The first-order valence-corrected chi connectivity index (χ1v) is 12.5. The average Bonchev–Trinajstić information content (AvgIpc) is 3.26. The Balaban J connectivity index is 0.000000394. The molecule has 4 heterocycles. The van der Waals surface area contributed by atoms with E-state index in [-0.39, 0.29) is 58.7 Å². The minimum atomic E-state index is -0.533. The number of amides is 1. The van der Waals surface area contributed by atoms with Gasteiger partial charge in [0, 0.05) is 84.8 Å². The van der Waals surface area contributed by atoms with Crippen molar-refractivity contribution in [2.45, 2.75) is 73.6 Å². The molecule has 215 valence electrons. The first-order valence-electron chi connectivity index (χ1n) is 12.5. The van der Waals surface area contributed by atoms with Crippen LogP contribution in [0.25, 0.3) is 0 Å². The normalized spacial score (nSPS) is 14.4. The zero-order chi connectivity index (χ0) is 27.0. The molecular formula is C24H40N8O6Y. The number of carbonyl (C=O) groups excluding carboxylic acids is 3. The summed E-state index contributed by atoms with van der Waals surface area (Å²) in [6.45, 7) is 13.4. The maximum Gasteiger partial charge on any atom is 0.410 e. The number of nitrogens with zero attached hydrogens (tertiary/aromatic N) is 7. The number of ether oxygens (including phenoxy) is 3. The minimum absolute atomic E-state index is 0. The molecule has 4 rings (SSSR count). The molecule has 0 atom stereocenters. The number of hydrogen-bond acceptors (Lipinski definition) is 11. The van der Waals surface area contributed by atoms with Crippen LogP contribution in [0.2, 0.25) is 0 Å². The summed E-state index contributed by atoms with van der Waals surface area (Å²) in [6, 6.07) is 0. The van der Waals surface area contributed by atoms with Crippen molar-refractivity contribution in [3.63, 3.8) is 0 Å². The molecule has 2 aromatic heterocycles. The van der Waals surface area contributed by atoms with Gasteiger partial charge in [0.05, 0.1) is 13.2 Å². The smallest absolute Gasteiger partial charge is 0.410 e. The van der Waals surface area contributed by atoms with Crippen molar-refractivity contribution in [2.75, 3.05) is 39.4 Å². The van der Waals surface area contributed by atoms with E-state index in [1.807, 2.05) is 25.3 Å². The molecule has 2 aliphatic rings. The first-order chi connectivity index (χ1) is 17.6. The molecule has 1 N–H and O–H groups in total. The summed E-state index contributed by atoms with van der Waals surface area (Å²) in [6.07, 6.45) is 0.960. The van der Waals surface area contributed by atoms with Gasteiger partial charge in [0.15, 0.2) is 0 Å². The van der Waals surface area contributed by atoms with Gasteiger partial charge in [0.2, 0.25) is 11.6 Å². The maximum absolute atomic E-state index is 12.1. The first kappa shape index (κ1) is 34.6. The molecule has 1 amide bonds. The van der Waals surface area contributed by atoms with Gasteiger partial charge in [-0.2, -0.15) is 0 Å². The molecule has 0 spiro atoms. The van der Waals surface area contributed by atoms with Crippen LogP contribution in [0.5, 0.6) is 0 Å². The molecule has 1 radical (unpaired) electrons. The standard InChI is InChI=1S/C14H22N4O4.C9H14N4O2.CH4.Y/c1-5-21-12(19)11-16-15-10-6-7-17(8-9-18(10)11)13(20)22-14(2,3)4;1-2-15-9(14)8-12-11-7-3-4-10-5-6-13(7)8;;/h5-9H2,1-4H3;10H,2-6H2,1H3;1H4;. The van der Waals surface area contributed by atoms with E-state index in [2.05, 4.69) is 25.7 Å². The van der Waals surface area contributed by atoms with Crippen molar-refractivity contribution in [3.05, 3.63) is 23.3 Å². The van der Waals surface area contributed by atoms with E-state index in [0.717, 1.165) is 31.9 Å². The second-order valence-electron chi connectivity index (χ2n) is 9.34. The van der Waals surface area contributed by atoms with Gasteiger partial charge in [-0.1, -0.05) is 7.43 Å². The average molecular weight is 626 g/mol. The largest absolute Gasteiger partial charge is 0.460 e. The Morgan fingerprint density at radius 3 is 1.87 bits per heavy atom. The summed E-state index contributed by atoms with van der Waals surface area (Å²) < 4.78 is 18.8. The Labute approximate surface area is 254 Å². The van der Waals surface area contributed by atoms with E-state index in [1.54, 1.807) is 23.3 Å². The van der Waals surface area contributed by atoms with E-state index in [0.29, 0.717) is 44.3 Å². The third kappa shape index (κ3) is 9.61. The number of aromatic nitrogens is 6. The summed E-state index contributed by atoms with van der Waals surface area (Å²) in [5, 5.41) is 19.0. The van der Waals surface area contributed by atoms with Crippen molar-refractivity contribution in [2.24, 2.45) is 0 Å². The summed E-state index contributed by atoms with van der Waals surface area (Å²) in [5.74, 6) is 1.14. The second kappa shape index (κ2) is 16.0. The fourth-order valence-corrected chi connectivity index (χ4v) is 3.80. The van der Waals surface area contributed by atoms with Crippen LogP contribution in [-0.2, 0) is 72.9 Å². The summed E-state index contributed by atoms with van der Waals surface area (Å²) in [4.78, 5) is 37.1. The Morgan fingerprint density at radius 1 is 0.795 bits per heavy atom. The van der Waals surface area contributed by atoms with Gasteiger partial charge in [0.1, 0.15) is 17.2 Å². The summed E-state index contributed by atoms with van der Waals surface area (Å²) in [5.41, 5.74) is -0.533. The van der Waals surface area contributed by atoms with Crippen molar-refractivity contribution in [1.82, 2.24) is 39.7 Å². The van der Waals surface area contributed by atoms with Crippen molar-refractivity contribution in [3.8, 4) is 0 Å². The molecule has 2 aliphatic heterocycles. The molecule has 0 saturated carbocycles. The zero-order valence-corrected chi connectivity index (χ0v) is 25.6. The topological polar surface area (TPSA) is 156 Å². The summed E-state index contributed by atoms with van der Waals surface area (Å²) in [7, 11) is 0. The van der Waals surface area contributed by atoms with Gasteiger partial charge in [-0.05, 0) is 34.6 Å².